The Bertz CT molecular complexity index is 990. The third kappa shape index (κ3) is 3.60. The van der Waals surface area contributed by atoms with Crippen molar-refractivity contribution in [3.8, 4) is 0 Å². The lowest BCUT2D eigenvalue weighted by Gasteiger charge is -2.32. The zero-order chi connectivity index (χ0) is 19.5. The summed E-state index contributed by atoms with van der Waals surface area (Å²) in [5.74, 6) is 0.308. The van der Waals surface area contributed by atoms with E-state index >= 15 is 0 Å². The molecule has 0 spiro atoms. The lowest BCUT2D eigenvalue weighted by Crippen LogP contribution is -2.41. The Morgan fingerprint density at radius 2 is 1.89 bits per heavy atom. The SMILES string of the molecule is Cc1nc2ccccn2c1C(=O)NCC1CCN(C(=O)c2ccncc2)CC1. The highest BCUT2D eigenvalue weighted by Crippen LogP contribution is 2.19. The number of hydrogen-bond acceptors (Lipinski definition) is 4. The fraction of sp³-hybridized carbons (Fsp3) is 0.333. The van der Waals surface area contributed by atoms with Crippen LogP contribution in [0.3, 0.4) is 0 Å². The minimum atomic E-state index is -0.105. The number of aromatic nitrogens is 3. The molecule has 4 heterocycles. The van der Waals surface area contributed by atoms with Crippen molar-refractivity contribution in [2.45, 2.75) is 19.8 Å². The molecule has 28 heavy (non-hydrogen) atoms. The van der Waals surface area contributed by atoms with E-state index in [4.69, 9.17) is 0 Å². The molecule has 0 atom stereocenters. The summed E-state index contributed by atoms with van der Waals surface area (Å²) in [5.41, 5.74) is 2.75. The number of pyridine rings is 2. The predicted octanol–water partition coefficient (Wildman–Crippen LogP) is 2.32. The standard InChI is InChI=1S/C21H23N5O2/c1-15-19(26-11-3-2-4-18(26)24-15)20(27)23-14-16-7-12-25(13-8-16)21(28)17-5-9-22-10-6-17/h2-6,9-11,16H,7-8,12-14H2,1H3,(H,23,27). The summed E-state index contributed by atoms with van der Waals surface area (Å²) in [6.45, 7) is 3.87. The minimum Gasteiger partial charge on any atom is -0.350 e. The van der Waals surface area contributed by atoms with Crippen LogP contribution in [0.1, 0.15) is 39.4 Å². The molecule has 7 heteroatoms. The van der Waals surface area contributed by atoms with Gasteiger partial charge in [0.25, 0.3) is 11.8 Å². The van der Waals surface area contributed by atoms with Crippen molar-refractivity contribution in [3.63, 3.8) is 0 Å². The molecule has 1 saturated heterocycles. The van der Waals surface area contributed by atoms with Crippen molar-refractivity contribution in [2.24, 2.45) is 5.92 Å². The van der Waals surface area contributed by atoms with E-state index in [1.807, 2.05) is 40.6 Å². The number of hydrogen-bond donors (Lipinski definition) is 1. The molecule has 1 aliphatic heterocycles. The zero-order valence-electron chi connectivity index (χ0n) is 15.8. The first-order valence-electron chi connectivity index (χ1n) is 9.54. The summed E-state index contributed by atoms with van der Waals surface area (Å²) < 4.78 is 1.82. The second-order valence-corrected chi connectivity index (χ2v) is 7.16. The molecule has 144 valence electrons. The fourth-order valence-corrected chi connectivity index (χ4v) is 3.73. The number of aryl methyl sites for hydroxylation is 1. The maximum atomic E-state index is 12.7. The number of fused-ring (bicyclic) bond motifs is 1. The molecule has 0 radical (unpaired) electrons. The van der Waals surface area contributed by atoms with Crippen LogP contribution in [0.5, 0.6) is 0 Å². The second kappa shape index (κ2) is 7.80. The molecule has 0 bridgehead atoms. The van der Waals surface area contributed by atoms with Gasteiger partial charge in [-0.25, -0.2) is 4.98 Å². The number of piperidine rings is 1. The average Bonchev–Trinajstić information content (AvgIpc) is 3.08. The van der Waals surface area contributed by atoms with E-state index in [2.05, 4.69) is 15.3 Å². The third-order valence-electron chi connectivity index (χ3n) is 5.30. The largest absolute Gasteiger partial charge is 0.350 e. The number of amides is 2. The molecule has 3 aromatic heterocycles. The summed E-state index contributed by atoms with van der Waals surface area (Å²) in [6.07, 6.45) is 6.88. The Morgan fingerprint density at radius 3 is 2.64 bits per heavy atom. The molecular formula is C21H23N5O2. The third-order valence-corrected chi connectivity index (χ3v) is 5.30. The van der Waals surface area contributed by atoms with Gasteiger partial charge < -0.3 is 10.2 Å². The molecule has 0 unspecified atom stereocenters. The van der Waals surface area contributed by atoms with Gasteiger partial charge in [-0.05, 0) is 49.9 Å². The highest BCUT2D eigenvalue weighted by atomic mass is 16.2. The van der Waals surface area contributed by atoms with Crippen LogP contribution in [0.15, 0.2) is 48.9 Å². The number of imidazole rings is 1. The van der Waals surface area contributed by atoms with E-state index in [1.165, 1.54) is 0 Å². The van der Waals surface area contributed by atoms with Crippen LogP contribution in [0, 0.1) is 12.8 Å². The summed E-state index contributed by atoms with van der Waals surface area (Å²) in [6, 6.07) is 9.17. The van der Waals surface area contributed by atoms with E-state index in [9.17, 15) is 9.59 Å². The number of carbonyl (C=O) groups excluding carboxylic acids is 2. The van der Waals surface area contributed by atoms with Gasteiger partial charge in [0.1, 0.15) is 11.3 Å². The monoisotopic (exact) mass is 377 g/mol. The van der Waals surface area contributed by atoms with Crippen LogP contribution >= 0.6 is 0 Å². The van der Waals surface area contributed by atoms with Crippen LogP contribution in [0.4, 0.5) is 0 Å². The Balaban J connectivity index is 1.32. The van der Waals surface area contributed by atoms with Crippen molar-refractivity contribution in [2.75, 3.05) is 19.6 Å². The normalized spacial score (nSPS) is 15.0. The lowest BCUT2D eigenvalue weighted by atomic mass is 9.96. The topological polar surface area (TPSA) is 79.6 Å². The Morgan fingerprint density at radius 1 is 1.14 bits per heavy atom. The molecule has 0 saturated carbocycles. The van der Waals surface area contributed by atoms with Gasteiger partial charge in [0.2, 0.25) is 0 Å². The van der Waals surface area contributed by atoms with Crippen LogP contribution in [0.2, 0.25) is 0 Å². The quantitative estimate of drug-likeness (QED) is 0.757. The predicted molar refractivity (Wildman–Crippen MR) is 105 cm³/mol. The highest BCUT2D eigenvalue weighted by molar-refractivity contribution is 5.95. The first-order chi connectivity index (χ1) is 13.6. The summed E-state index contributed by atoms with van der Waals surface area (Å²) >= 11 is 0. The number of likely N-dealkylation sites (tertiary alicyclic amines) is 1. The fourth-order valence-electron chi connectivity index (χ4n) is 3.73. The van der Waals surface area contributed by atoms with Crippen molar-refractivity contribution in [3.05, 3.63) is 65.9 Å². The van der Waals surface area contributed by atoms with E-state index in [-0.39, 0.29) is 11.8 Å². The van der Waals surface area contributed by atoms with Crippen molar-refractivity contribution in [1.29, 1.82) is 0 Å². The molecule has 1 N–H and O–H groups in total. The van der Waals surface area contributed by atoms with Gasteiger partial charge in [0.15, 0.2) is 0 Å². The van der Waals surface area contributed by atoms with E-state index in [0.717, 1.165) is 24.2 Å². The van der Waals surface area contributed by atoms with Gasteiger partial charge >= 0.3 is 0 Å². The Hall–Kier alpha value is -3.22. The van der Waals surface area contributed by atoms with Crippen LogP contribution in [0.25, 0.3) is 5.65 Å². The first kappa shape index (κ1) is 18.2. The summed E-state index contributed by atoms with van der Waals surface area (Å²) in [7, 11) is 0. The maximum absolute atomic E-state index is 12.7. The van der Waals surface area contributed by atoms with Gasteiger partial charge in [-0.1, -0.05) is 6.07 Å². The molecule has 4 rings (SSSR count). The van der Waals surface area contributed by atoms with Crippen LogP contribution in [-0.4, -0.2) is 50.7 Å². The van der Waals surface area contributed by atoms with Gasteiger partial charge in [0.05, 0.1) is 5.69 Å². The van der Waals surface area contributed by atoms with Gasteiger partial charge in [-0.2, -0.15) is 0 Å². The highest BCUT2D eigenvalue weighted by Gasteiger charge is 2.24. The molecule has 0 aromatic carbocycles. The number of rotatable bonds is 4. The van der Waals surface area contributed by atoms with Crippen molar-refractivity contribution in [1.82, 2.24) is 24.6 Å². The zero-order valence-corrected chi connectivity index (χ0v) is 15.8. The van der Waals surface area contributed by atoms with E-state index in [1.54, 1.807) is 24.5 Å². The second-order valence-electron chi connectivity index (χ2n) is 7.16. The van der Waals surface area contributed by atoms with E-state index < -0.39 is 0 Å². The summed E-state index contributed by atoms with van der Waals surface area (Å²) in [5, 5.41) is 3.05. The Labute approximate surface area is 163 Å². The number of nitrogens with zero attached hydrogens (tertiary/aromatic N) is 4. The Kier molecular flexibility index (Phi) is 5.06. The van der Waals surface area contributed by atoms with Gasteiger partial charge in [0, 0.05) is 43.8 Å². The van der Waals surface area contributed by atoms with Crippen LogP contribution < -0.4 is 5.32 Å². The molecule has 0 aliphatic carbocycles. The number of carbonyl (C=O) groups is 2. The van der Waals surface area contributed by atoms with E-state index in [0.29, 0.717) is 36.8 Å². The lowest BCUT2D eigenvalue weighted by molar-refractivity contribution is 0.0684. The molecular weight excluding hydrogens is 354 g/mol. The van der Waals surface area contributed by atoms with Crippen molar-refractivity contribution < 1.29 is 9.59 Å². The summed E-state index contributed by atoms with van der Waals surface area (Å²) in [4.78, 5) is 35.5. The maximum Gasteiger partial charge on any atom is 0.270 e. The molecule has 2 amide bonds. The molecule has 7 nitrogen and oxygen atoms in total. The van der Waals surface area contributed by atoms with Crippen LogP contribution in [-0.2, 0) is 0 Å². The first-order valence-corrected chi connectivity index (χ1v) is 9.54. The van der Waals surface area contributed by atoms with Gasteiger partial charge in [-0.15, -0.1) is 0 Å². The van der Waals surface area contributed by atoms with Gasteiger partial charge in [-0.3, -0.25) is 19.0 Å². The molecule has 1 aliphatic rings. The smallest absolute Gasteiger partial charge is 0.270 e. The average molecular weight is 377 g/mol. The number of nitrogens with one attached hydrogen (secondary N) is 1. The van der Waals surface area contributed by atoms with Crippen molar-refractivity contribution >= 4 is 17.5 Å². The molecule has 1 fully saturated rings. The minimum absolute atomic E-state index is 0.0474. The molecule has 3 aromatic rings.